The summed E-state index contributed by atoms with van der Waals surface area (Å²) in [7, 11) is 0. The van der Waals surface area contributed by atoms with Gasteiger partial charge in [-0.25, -0.2) is 4.98 Å². The average Bonchev–Trinajstić information content (AvgIpc) is 2.74. The molecule has 2 aromatic carbocycles. The fraction of sp³-hybridized carbons (Fsp3) is 0.143. The largest absolute Gasteiger partial charge is 0.465 e. The van der Waals surface area contributed by atoms with Crippen molar-refractivity contribution in [2.24, 2.45) is 0 Å². The van der Waals surface area contributed by atoms with E-state index in [-0.39, 0.29) is 29.7 Å². The smallest absolute Gasteiger partial charge is 0.325 e. The Bertz CT molecular complexity index is 1150. The Hall–Kier alpha value is -3.83. The number of anilines is 3. The number of esters is 1. The maximum Gasteiger partial charge on any atom is 0.325 e. The number of H-pyrrole nitrogens is 1. The number of hydrogen-bond acceptors (Lipinski definition) is 7. The number of nitrogens with zero attached hydrogens (tertiary/aromatic N) is 2. The second-order valence-electron chi connectivity index (χ2n) is 6.12. The maximum absolute atomic E-state index is 12.4. The van der Waals surface area contributed by atoms with E-state index < -0.39 is 5.56 Å². The number of nitriles is 1. The molecule has 1 aromatic heterocycles. The summed E-state index contributed by atoms with van der Waals surface area (Å²) in [5.74, 6) is -0.203. The highest BCUT2D eigenvalue weighted by atomic mass is 35.5. The third-order valence-corrected chi connectivity index (χ3v) is 4.27. The van der Waals surface area contributed by atoms with Gasteiger partial charge in [-0.15, -0.1) is 0 Å². The zero-order valence-corrected chi connectivity index (χ0v) is 16.8. The van der Waals surface area contributed by atoms with Crippen molar-refractivity contribution >= 4 is 34.9 Å². The van der Waals surface area contributed by atoms with Crippen LogP contribution < -0.4 is 16.2 Å². The first-order valence-electron chi connectivity index (χ1n) is 9.07. The second kappa shape index (κ2) is 9.58. The van der Waals surface area contributed by atoms with Gasteiger partial charge in [0.1, 0.15) is 18.2 Å². The van der Waals surface area contributed by atoms with Gasteiger partial charge in [-0.05, 0) is 43.3 Å². The van der Waals surface area contributed by atoms with Gasteiger partial charge in [0.2, 0.25) is 5.95 Å². The van der Waals surface area contributed by atoms with Crippen LogP contribution in [0.4, 0.5) is 17.3 Å². The minimum absolute atomic E-state index is 0.00538. The molecule has 3 rings (SSSR count). The Morgan fingerprint density at radius 3 is 2.70 bits per heavy atom. The molecule has 3 aromatic rings. The predicted octanol–water partition coefficient (Wildman–Crippen LogP) is 3.68. The van der Waals surface area contributed by atoms with E-state index >= 15 is 0 Å². The van der Waals surface area contributed by atoms with Crippen LogP contribution in [-0.4, -0.2) is 29.1 Å². The Morgan fingerprint density at radius 2 is 2.00 bits per heavy atom. The Morgan fingerprint density at radius 1 is 1.23 bits per heavy atom. The van der Waals surface area contributed by atoms with Crippen molar-refractivity contribution in [2.75, 3.05) is 23.8 Å². The van der Waals surface area contributed by atoms with Crippen molar-refractivity contribution in [2.45, 2.75) is 6.92 Å². The predicted molar refractivity (Wildman–Crippen MR) is 115 cm³/mol. The van der Waals surface area contributed by atoms with Gasteiger partial charge in [-0.2, -0.15) is 5.26 Å². The van der Waals surface area contributed by atoms with Crippen LogP contribution in [-0.2, 0) is 9.53 Å². The topological polar surface area (TPSA) is 120 Å². The molecule has 0 aliphatic rings. The zero-order valence-electron chi connectivity index (χ0n) is 16.0. The van der Waals surface area contributed by atoms with Gasteiger partial charge >= 0.3 is 5.97 Å². The fourth-order valence-electron chi connectivity index (χ4n) is 2.68. The van der Waals surface area contributed by atoms with E-state index in [2.05, 4.69) is 20.6 Å². The number of ether oxygens (including phenoxy) is 1. The lowest BCUT2D eigenvalue weighted by atomic mass is 10.1. The maximum atomic E-state index is 12.4. The number of benzene rings is 2. The average molecular weight is 424 g/mol. The van der Waals surface area contributed by atoms with Crippen LogP contribution in [0.2, 0.25) is 5.02 Å². The van der Waals surface area contributed by atoms with Gasteiger partial charge in [-0.3, -0.25) is 14.6 Å². The summed E-state index contributed by atoms with van der Waals surface area (Å²) in [6.45, 7) is 2.02. The van der Waals surface area contributed by atoms with Crippen molar-refractivity contribution in [3.8, 4) is 17.3 Å². The molecule has 152 valence electrons. The van der Waals surface area contributed by atoms with Crippen molar-refractivity contribution < 1.29 is 9.53 Å². The summed E-state index contributed by atoms with van der Waals surface area (Å²) in [6.07, 6.45) is 0. The van der Waals surface area contributed by atoms with Gasteiger partial charge in [0.15, 0.2) is 0 Å². The number of carbonyl (C=O) groups is 1. The van der Waals surface area contributed by atoms with Crippen molar-refractivity contribution in [3.05, 3.63) is 69.5 Å². The summed E-state index contributed by atoms with van der Waals surface area (Å²) in [5, 5.41) is 16.0. The highest BCUT2D eigenvalue weighted by Gasteiger charge is 2.14. The lowest BCUT2D eigenvalue weighted by molar-refractivity contribution is -0.140. The molecule has 0 unspecified atom stereocenters. The molecule has 0 radical (unpaired) electrons. The number of carbonyl (C=O) groups excluding carboxylic acids is 1. The summed E-state index contributed by atoms with van der Waals surface area (Å²) in [4.78, 5) is 31.0. The molecule has 0 saturated heterocycles. The zero-order chi connectivity index (χ0) is 21.5. The first-order valence-corrected chi connectivity index (χ1v) is 9.45. The van der Waals surface area contributed by atoms with E-state index in [9.17, 15) is 14.9 Å². The summed E-state index contributed by atoms with van der Waals surface area (Å²) in [5.41, 5.74) is 1.38. The molecule has 0 bridgehead atoms. The molecule has 0 aliphatic carbocycles. The monoisotopic (exact) mass is 423 g/mol. The molecule has 8 nitrogen and oxygen atoms in total. The van der Waals surface area contributed by atoms with Crippen LogP contribution in [0.1, 0.15) is 12.5 Å². The van der Waals surface area contributed by atoms with E-state index in [0.717, 1.165) is 0 Å². The molecule has 0 aliphatic heterocycles. The molecule has 3 N–H and O–H groups in total. The van der Waals surface area contributed by atoms with Gasteiger partial charge in [-0.1, -0.05) is 23.7 Å². The second-order valence-corrected chi connectivity index (χ2v) is 6.56. The van der Waals surface area contributed by atoms with Gasteiger partial charge in [0.25, 0.3) is 5.56 Å². The first-order chi connectivity index (χ1) is 14.5. The van der Waals surface area contributed by atoms with E-state index in [0.29, 0.717) is 28.6 Å². The fourth-order valence-corrected chi connectivity index (χ4v) is 2.80. The standard InChI is InChI=1S/C21H18ClN5O3/c1-2-30-18(28)12-24-16-5-3-4-13(10-16)19-17(11-23)20(29)27-21(26-19)25-15-8-6-14(22)7-9-15/h3-10,24H,2,12H2,1H3,(H2,25,26,27,29). The van der Waals surface area contributed by atoms with E-state index in [4.69, 9.17) is 16.3 Å². The Balaban J connectivity index is 1.92. The lowest BCUT2D eigenvalue weighted by Gasteiger charge is -2.11. The highest BCUT2D eigenvalue weighted by molar-refractivity contribution is 6.30. The number of halogens is 1. The third-order valence-electron chi connectivity index (χ3n) is 4.02. The molecule has 1 heterocycles. The number of aromatic amines is 1. The van der Waals surface area contributed by atoms with Gasteiger partial charge < -0.3 is 15.4 Å². The Kier molecular flexibility index (Phi) is 6.67. The molecule has 0 fully saturated rings. The van der Waals surface area contributed by atoms with Crippen molar-refractivity contribution in [1.82, 2.24) is 9.97 Å². The van der Waals surface area contributed by atoms with E-state index in [1.165, 1.54) is 0 Å². The van der Waals surface area contributed by atoms with E-state index in [1.54, 1.807) is 55.5 Å². The van der Waals surface area contributed by atoms with Gasteiger partial charge in [0.05, 0.1) is 12.3 Å². The SMILES string of the molecule is CCOC(=O)CNc1cccc(-c2nc(Nc3ccc(Cl)cc3)[nH]c(=O)c2C#N)c1. The summed E-state index contributed by atoms with van der Waals surface area (Å²) < 4.78 is 4.89. The Labute approximate surface area is 177 Å². The third kappa shape index (κ3) is 5.16. The van der Waals surface area contributed by atoms with Crippen LogP contribution in [0.15, 0.2) is 53.3 Å². The molecular weight excluding hydrogens is 406 g/mol. The van der Waals surface area contributed by atoms with Crippen molar-refractivity contribution in [1.29, 1.82) is 5.26 Å². The molecule has 0 saturated carbocycles. The molecule has 9 heteroatoms. The van der Waals surface area contributed by atoms with Crippen molar-refractivity contribution in [3.63, 3.8) is 0 Å². The number of aromatic nitrogens is 2. The van der Waals surface area contributed by atoms with Gasteiger partial charge in [0, 0.05) is 22.0 Å². The minimum atomic E-state index is -0.566. The molecule has 30 heavy (non-hydrogen) atoms. The normalized spacial score (nSPS) is 10.2. The molecule has 0 spiro atoms. The quantitative estimate of drug-likeness (QED) is 0.496. The number of rotatable bonds is 7. The molecule has 0 amide bonds. The first kappa shape index (κ1) is 20.9. The summed E-state index contributed by atoms with van der Waals surface area (Å²) >= 11 is 5.89. The summed E-state index contributed by atoms with van der Waals surface area (Å²) in [6, 6.07) is 15.7. The molecule has 0 atom stereocenters. The van der Waals surface area contributed by atoms with E-state index in [1.807, 2.05) is 6.07 Å². The van der Waals surface area contributed by atoms with Crippen LogP contribution in [0.5, 0.6) is 0 Å². The lowest BCUT2D eigenvalue weighted by Crippen LogP contribution is -2.17. The van der Waals surface area contributed by atoms with Crippen LogP contribution in [0, 0.1) is 11.3 Å². The number of nitrogens with one attached hydrogen (secondary N) is 3. The van der Waals surface area contributed by atoms with Crippen LogP contribution in [0.25, 0.3) is 11.3 Å². The number of hydrogen-bond donors (Lipinski definition) is 3. The molecular formula is C21H18ClN5O3. The van der Waals surface area contributed by atoms with Crippen LogP contribution >= 0.6 is 11.6 Å². The highest BCUT2D eigenvalue weighted by Crippen LogP contribution is 2.24. The minimum Gasteiger partial charge on any atom is -0.465 e. The van der Waals surface area contributed by atoms with Crippen LogP contribution in [0.3, 0.4) is 0 Å².